The van der Waals surface area contributed by atoms with E-state index in [0.717, 1.165) is 0 Å². The van der Waals surface area contributed by atoms with Gasteiger partial charge in [0.05, 0.1) is 50.7 Å². The number of aromatic nitrogens is 1. The number of aliphatic carboxylic acids is 4. The van der Waals surface area contributed by atoms with Crippen LogP contribution in [0.25, 0.3) is 0 Å². The van der Waals surface area contributed by atoms with E-state index in [9.17, 15) is 49.2 Å². The molecule has 0 amide bonds. The molecule has 0 spiro atoms. The fourth-order valence-electron chi connectivity index (χ4n) is 5.35. The molecule has 0 aliphatic rings. The number of carbonyl (C=O) groups excluding carboxylic acids is 2. The van der Waals surface area contributed by atoms with Crippen molar-refractivity contribution in [3.8, 4) is 11.8 Å². The van der Waals surface area contributed by atoms with Gasteiger partial charge < -0.3 is 35.6 Å². The van der Waals surface area contributed by atoms with Crippen molar-refractivity contribution >= 4 is 41.5 Å². The van der Waals surface area contributed by atoms with Crippen LogP contribution in [0.1, 0.15) is 64.1 Å². The zero-order chi connectivity index (χ0) is 42.9. The van der Waals surface area contributed by atoms with E-state index in [0.29, 0.717) is 28.2 Å². The molecule has 0 aliphatic heterocycles. The number of benzene rings is 1. The SMILES string of the molecule is CC(C)(C)OC(=O)CN(CCN(CC(=O)O)CC(=O)O)Cc1cc(C#Cc2ccc(N)cc2)cc(CN(CCN(CC(=O)O)CC(=O)O)CC(=O)OC(C)(C)C)n1. The summed E-state index contributed by atoms with van der Waals surface area (Å²) in [5.41, 5.74) is 6.75. The number of carbonyl (C=O) groups is 6. The van der Waals surface area contributed by atoms with Crippen LogP contribution >= 0.6 is 0 Å². The molecule has 1 aromatic carbocycles. The summed E-state index contributed by atoms with van der Waals surface area (Å²) in [6, 6.07) is 10.3. The number of esters is 2. The lowest BCUT2D eigenvalue weighted by Gasteiger charge is -2.28. The minimum atomic E-state index is -1.22. The van der Waals surface area contributed by atoms with Gasteiger partial charge in [0, 0.05) is 56.1 Å². The molecule has 0 fully saturated rings. The average Bonchev–Trinajstić information content (AvgIpc) is 3.02. The molecule has 0 atom stereocenters. The maximum Gasteiger partial charge on any atom is 0.320 e. The molecular weight excluding hydrogens is 744 g/mol. The molecule has 18 heteroatoms. The summed E-state index contributed by atoms with van der Waals surface area (Å²) in [6.07, 6.45) is 0. The largest absolute Gasteiger partial charge is 0.480 e. The topological polar surface area (TPSA) is 254 Å². The number of pyridine rings is 1. The molecule has 2 aromatic rings. The van der Waals surface area contributed by atoms with E-state index in [-0.39, 0.29) is 52.4 Å². The standard InChI is InChI=1S/C39H54N6O12/c1-38(2,3)56-36(54)25-42(13-15-44(21-32(46)47)22-33(48)49)19-30-17-28(8-7-27-9-11-29(40)12-10-27)18-31(41-30)20-43(26-37(55)57-39(4,5)6)14-16-45(23-34(50)51)24-35(52)53/h9-12,17-18H,13-16,19-26,40H2,1-6H3,(H,46,47)(H,48,49)(H,50,51)(H,52,53). The lowest BCUT2D eigenvalue weighted by Crippen LogP contribution is -2.43. The lowest BCUT2D eigenvalue weighted by molar-refractivity contribution is -0.157. The number of nitrogens with zero attached hydrogens (tertiary/aromatic N) is 5. The maximum absolute atomic E-state index is 13.0. The lowest BCUT2D eigenvalue weighted by atomic mass is 10.1. The van der Waals surface area contributed by atoms with Gasteiger partial charge in [-0.05, 0) is 77.9 Å². The molecular formula is C39H54N6O12. The Hall–Kier alpha value is -5.61. The second kappa shape index (κ2) is 22.2. The van der Waals surface area contributed by atoms with Gasteiger partial charge in [-0.1, -0.05) is 11.8 Å². The Morgan fingerprint density at radius 1 is 0.561 bits per heavy atom. The van der Waals surface area contributed by atoms with Gasteiger partial charge in [-0.2, -0.15) is 0 Å². The van der Waals surface area contributed by atoms with Crippen molar-refractivity contribution in [2.24, 2.45) is 0 Å². The highest BCUT2D eigenvalue weighted by molar-refractivity contribution is 5.74. The van der Waals surface area contributed by atoms with Crippen molar-refractivity contribution in [3.63, 3.8) is 0 Å². The number of ether oxygens (including phenoxy) is 2. The predicted molar refractivity (Wildman–Crippen MR) is 207 cm³/mol. The third-order valence-corrected chi connectivity index (χ3v) is 7.41. The highest BCUT2D eigenvalue weighted by Gasteiger charge is 2.24. The molecule has 2 rings (SSSR count). The van der Waals surface area contributed by atoms with E-state index in [2.05, 4.69) is 11.8 Å². The second-order valence-electron chi connectivity index (χ2n) is 15.3. The number of anilines is 1. The molecule has 6 N–H and O–H groups in total. The zero-order valence-electron chi connectivity index (χ0n) is 33.3. The number of carboxylic acids is 4. The molecule has 18 nitrogen and oxygen atoms in total. The smallest absolute Gasteiger partial charge is 0.320 e. The first-order valence-corrected chi connectivity index (χ1v) is 18.0. The van der Waals surface area contributed by atoms with Crippen LogP contribution < -0.4 is 5.73 Å². The summed E-state index contributed by atoms with van der Waals surface area (Å²) < 4.78 is 11.1. The number of hydrogen-bond acceptors (Lipinski definition) is 14. The summed E-state index contributed by atoms with van der Waals surface area (Å²) in [7, 11) is 0. The summed E-state index contributed by atoms with van der Waals surface area (Å²) in [4.78, 5) is 82.5. The van der Waals surface area contributed by atoms with E-state index >= 15 is 0 Å². The molecule has 1 heterocycles. The first-order chi connectivity index (χ1) is 26.4. The number of carboxylic acid groups (broad SMARTS) is 4. The summed E-state index contributed by atoms with van der Waals surface area (Å²) >= 11 is 0. The van der Waals surface area contributed by atoms with E-state index in [1.165, 1.54) is 9.80 Å². The summed E-state index contributed by atoms with van der Waals surface area (Å²) in [5.74, 6) is 0.124. The highest BCUT2D eigenvalue weighted by Crippen LogP contribution is 2.15. The molecule has 0 aliphatic carbocycles. The zero-order valence-corrected chi connectivity index (χ0v) is 33.3. The maximum atomic E-state index is 13.0. The van der Waals surface area contributed by atoms with E-state index < -0.39 is 73.2 Å². The van der Waals surface area contributed by atoms with E-state index in [4.69, 9.17) is 20.2 Å². The molecule has 0 unspecified atom stereocenters. The van der Waals surface area contributed by atoms with Gasteiger partial charge in [-0.25, -0.2) is 0 Å². The van der Waals surface area contributed by atoms with Crippen molar-refractivity contribution in [3.05, 3.63) is 58.9 Å². The van der Waals surface area contributed by atoms with Gasteiger partial charge in [-0.15, -0.1) is 0 Å². The normalized spacial score (nSPS) is 11.7. The first kappa shape index (κ1) is 47.5. The minimum Gasteiger partial charge on any atom is -0.480 e. The van der Waals surface area contributed by atoms with Crippen molar-refractivity contribution in [2.75, 3.05) is 71.2 Å². The van der Waals surface area contributed by atoms with Crippen LogP contribution in [0.2, 0.25) is 0 Å². The second-order valence-corrected chi connectivity index (χ2v) is 15.3. The molecule has 0 radical (unpaired) electrons. The summed E-state index contributed by atoms with van der Waals surface area (Å²) in [6.45, 7) is 7.61. The number of nitrogen functional groups attached to an aromatic ring is 1. The van der Waals surface area contributed by atoms with Crippen LogP contribution in [0.3, 0.4) is 0 Å². The van der Waals surface area contributed by atoms with Gasteiger partial charge in [0.2, 0.25) is 0 Å². The fourth-order valence-corrected chi connectivity index (χ4v) is 5.35. The molecule has 0 bridgehead atoms. The van der Waals surface area contributed by atoms with Crippen LogP contribution in [0, 0.1) is 11.8 Å². The van der Waals surface area contributed by atoms with E-state index in [1.807, 2.05) is 0 Å². The van der Waals surface area contributed by atoms with Gasteiger partial charge in [0.25, 0.3) is 0 Å². The van der Waals surface area contributed by atoms with Gasteiger partial charge in [-0.3, -0.25) is 53.4 Å². The van der Waals surface area contributed by atoms with Gasteiger partial charge in [0.15, 0.2) is 0 Å². The Labute approximate surface area is 332 Å². The third kappa shape index (κ3) is 21.9. The number of rotatable bonds is 22. The van der Waals surface area contributed by atoms with Gasteiger partial charge >= 0.3 is 35.8 Å². The monoisotopic (exact) mass is 798 g/mol. The van der Waals surface area contributed by atoms with Crippen LogP contribution in [0.15, 0.2) is 36.4 Å². The Morgan fingerprint density at radius 3 is 1.23 bits per heavy atom. The first-order valence-electron chi connectivity index (χ1n) is 18.0. The van der Waals surface area contributed by atoms with Crippen molar-refractivity contribution in [1.82, 2.24) is 24.6 Å². The van der Waals surface area contributed by atoms with Gasteiger partial charge in [0.1, 0.15) is 11.2 Å². The van der Waals surface area contributed by atoms with Crippen molar-refractivity contribution in [1.29, 1.82) is 0 Å². The Balaban J connectivity index is 2.61. The minimum absolute atomic E-state index is 0.00861. The fraction of sp³-hybridized carbons (Fsp3) is 0.513. The van der Waals surface area contributed by atoms with E-state index in [1.54, 1.807) is 87.7 Å². The highest BCUT2D eigenvalue weighted by atomic mass is 16.6. The molecule has 1 aromatic heterocycles. The predicted octanol–water partition coefficient (Wildman–Crippen LogP) is 1.29. The Kier molecular flexibility index (Phi) is 18.5. The average molecular weight is 799 g/mol. The Morgan fingerprint density at radius 2 is 0.895 bits per heavy atom. The molecule has 312 valence electrons. The summed E-state index contributed by atoms with van der Waals surface area (Å²) in [5, 5.41) is 37.5. The van der Waals surface area contributed by atoms with Crippen LogP contribution in [0.4, 0.5) is 5.69 Å². The van der Waals surface area contributed by atoms with Crippen LogP contribution in [-0.4, -0.2) is 157 Å². The Bertz CT molecular complexity index is 1650. The van der Waals surface area contributed by atoms with Crippen LogP contribution in [-0.2, 0) is 51.3 Å². The van der Waals surface area contributed by atoms with Crippen molar-refractivity contribution < 1.29 is 58.7 Å². The molecule has 0 saturated heterocycles. The van der Waals surface area contributed by atoms with Crippen molar-refractivity contribution in [2.45, 2.75) is 65.8 Å². The van der Waals surface area contributed by atoms with Crippen LogP contribution in [0.5, 0.6) is 0 Å². The quantitative estimate of drug-likeness (QED) is 0.0639. The molecule has 0 saturated carbocycles. The third-order valence-electron chi connectivity index (χ3n) is 7.41. The number of hydrogen-bond donors (Lipinski definition) is 5. The molecule has 57 heavy (non-hydrogen) atoms. The number of nitrogens with two attached hydrogens (primary N) is 1.